The molecule has 0 bridgehead atoms. The van der Waals surface area contributed by atoms with Crippen molar-refractivity contribution in [2.45, 2.75) is 6.92 Å². The molecule has 0 aromatic carbocycles. The van der Waals surface area contributed by atoms with E-state index in [1.165, 1.54) is 19.1 Å². The summed E-state index contributed by atoms with van der Waals surface area (Å²) in [6.45, 7) is 1.46. The Kier molecular flexibility index (Phi) is 5.97. The Bertz CT molecular complexity index is 259. The van der Waals surface area contributed by atoms with Gasteiger partial charge in [0.25, 0.3) is 0 Å². The fourth-order valence-corrected chi connectivity index (χ4v) is 0.521. The summed E-state index contributed by atoms with van der Waals surface area (Å²) in [5.41, 5.74) is 0. The van der Waals surface area contributed by atoms with E-state index in [0.717, 1.165) is 6.08 Å². The summed E-state index contributed by atoms with van der Waals surface area (Å²) in [7, 11) is 0. The lowest BCUT2D eigenvalue weighted by Gasteiger charge is -1.73. The number of aliphatic carboxylic acids is 1. The number of ketones is 1. The van der Waals surface area contributed by atoms with Crippen LogP contribution in [0.25, 0.3) is 0 Å². The molecule has 0 saturated heterocycles. The summed E-state index contributed by atoms with van der Waals surface area (Å²) in [6, 6.07) is 0. The third-order valence-corrected chi connectivity index (χ3v) is 1.01. The number of allylic oxidation sites excluding steroid dienone is 5. The Hall–Kier alpha value is -1.77. The van der Waals surface area contributed by atoms with E-state index >= 15 is 0 Å². The third kappa shape index (κ3) is 10.2. The molecule has 1 N–H and O–H groups in total. The van der Waals surface area contributed by atoms with Crippen molar-refractivity contribution < 1.29 is 14.7 Å². The van der Waals surface area contributed by atoms with Gasteiger partial charge in [-0.05, 0) is 19.1 Å². The summed E-state index contributed by atoms with van der Waals surface area (Å²) in [4.78, 5) is 20.4. The zero-order valence-electron chi connectivity index (χ0n) is 7.31. The maximum Gasteiger partial charge on any atom is 0.384 e. The second-order valence-corrected chi connectivity index (χ2v) is 2.24. The summed E-state index contributed by atoms with van der Waals surface area (Å²) in [6.07, 6.45) is 10.3. The molecule has 0 amide bonds. The van der Waals surface area contributed by atoms with Crippen molar-refractivity contribution in [3.8, 4) is 0 Å². The summed E-state index contributed by atoms with van der Waals surface area (Å²) in [5, 5.41) is 8.20. The van der Waals surface area contributed by atoms with Gasteiger partial charge in [0.05, 0.1) is 6.08 Å². The second-order valence-electron chi connectivity index (χ2n) is 2.24. The highest BCUT2D eigenvalue weighted by atomic mass is 16.4. The molecule has 68 valence electrons. The van der Waals surface area contributed by atoms with Crippen LogP contribution in [0.5, 0.6) is 0 Å². The molecule has 0 rings (SSSR count). The van der Waals surface area contributed by atoms with Gasteiger partial charge in [0.2, 0.25) is 0 Å². The number of carboxylic acid groups (broad SMARTS) is 1. The zero-order valence-corrected chi connectivity index (χ0v) is 7.31. The second kappa shape index (κ2) is 6.91. The predicted octanol–water partition coefficient (Wildman–Crippen LogP) is 1.53. The Morgan fingerprint density at radius 1 is 1.15 bits per heavy atom. The molecule has 0 radical (unpaired) electrons. The number of carbonyl (C=O) groups is 2. The molecule has 0 atom stereocenters. The monoisotopic (exact) mass is 179 g/mol. The fourth-order valence-electron chi connectivity index (χ4n) is 0.521. The van der Waals surface area contributed by atoms with Crippen LogP contribution in [-0.2, 0) is 9.59 Å². The third-order valence-electron chi connectivity index (χ3n) is 1.01. The van der Waals surface area contributed by atoms with E-state index in [9.17, 15) is 9.59 Å². The smallest absolute Gasteiger partial charge is 0.384 e. The lowest BCUT2D eigenvalue weighted by molar-refractivity contribution is -0.131. The largest absolute Gasteiger partial charge is 0.468 e. The molecule has 0 unspecified atom stereocenters. The number of hydrogen-bond acceptors (Lipinski definition) is 2. The van der Waals surface area contributed by atoms with E-state index in [-0.39, 0.29) is 5.78 Å². The van der Waals surface area contributed by atoms with Crippen molar-refractivity contribution in [2.75, 3.05) is 0 Å². The Morgan fingerprint density at radius 3 is 2.38 bits per heavy atom. The van der Waals surface area contributed by atoms with Crippen LogP contribution in [-0.4, -0.2) is 16.9 Å². The minimum Gasteiger partial charge on any atom is -0.468 e. The maximum absolute atomic E-state index is 10.4. The molecular formula is C10H11O3+. The average Bonchev–Trinajstić information content (AvgIpc) is 2.01. The van der Waals surface area contributed by atoms with Crippen LogP contribution in [0.2, 0.25) is 0 Å². The van der Waals surface area contributed by atoms with Gasteiger partial charge >= 0.3 is 5.97 Å². The zero-order chi connectivity index (χ0) is 10.1. The van der Waals surface area contributed by atoms with Gasteiger partial charge < -0.3 is 5.11 Å². The van der Waals surface area contributed by atoms with E-state index in [1.807, 2.05) is 0 Å². The van der Waals surface area contributed by atoms with Gasteiger partial charge in [-0.25, -0.2) is 4.79 Å². The number of carboxylic acids is 1. The highest BCUT2D eigenvalue weighted by molar-refractivity contribution is 5.87. The molecule has 0 spiro atoms. The maximum atomic E-state index is 10.4. The predicted molar refractivity (Wildman–Crippen MR) is 50.0 cm³/mol. The van der Waals surface area contributed by atoms with Crippen LogP contribution in [0.15, 0.2) is 36.5 Å². The van der Waals surface area contributed by atoms with E-state index in [1.54, 1.807) is 24.6 Å². The van der Waals surface area contributed by atoms with Crippen molar-refractivity contribution in [2.24, 2.45) is 0 Å². The van der Waals surface area contributed by atoms with Crippen LogP contribution >= 0.6 is 0 Å². The summed E-state index contributed by atoms with van der Waals surface area (Å²) >= 11 is 0. The van der Waals surface area contributed by atoms with Gasteiger partial charge in [0.1, 0.15) is 6.08 Å². The molecule has 0 heterocycles. The van der Waals surface area contributed by atoms with Crippen molar-refractivity contribution in [1.82, 2.24) is 0 Å². The Morgan fingerprint density at radius 2 is 1.85 bits per heavy atom. The first kappa shape index (κ1) is 11.2. The van der Waals surface area contributed by atoms with Crippen molar-refractivity contribution in [3.05, 3.63) is 42.9 Å². The quantitative estimate of drug-likeness (QED) is 0.395. The van der Waals surface area contributed by atoms with Crippen LogP contribution in [0.4, 0.5) is 0 Å². The molecule has 3 nitrogen and oxygen atoms in total. The molecule has 0 fully saturated rings. The van der Waals surface area contributed by atoms with Gasteiger partial charge in [-0.2, -0.15) is 0 Å². The van der Waals surface area contributed by atoms with Crippen molar-refractivity contribution in [3.63, 3.8) is 0 Å². The first-order valence-electron chi connectivity index (χ1n) is 3.71. The summed E-state index contributed by atoms with van der Waals surface area (Å²) < 4.78 is 0. The molecule has 0 aromatic heterocycles. The van der Waals surface area contributed by atoms with Crippen molar-refractivity contribution >= 4 is 11.8 Å². The molecule has 3 heteroatoms. The molecule has 0 aromatic rings. The highest BCUT2D eigenvalue weighted by Crippen LogP contribution is 1.86. The van der Waals surface area contributed by atoms with Gasteiger partial charge in [0, 0.05) is 18.6 Å². The van der Waals surface area contributed by atoms with E-state index < -0.39 is 5.97 Å². The highest BCUT2D eigenvalue weighted by Gasteiger charge is 1.88. The van der Waals surface area contributed by atoms with Gasteiger partial charge in [-0.3, -0.25) is 4.79 Å². The first-order chi connectivity index (χ1) is 6.13. The lowest BCUT2D eigenvalue weighted by atomic mass is 10.3. The number of hydrogen-bond donors (Lipinski definition) is 1. The van der Waals surface area contributed by atoms with E-state index in [2.05, 4.69) is 0 Å². The molecule has 0 saturated carbocycles. The Labute approximate surface area is 77.1 Å². The molecule has 13 heavy (non-hydrogen) atoms. The molecule has 0 aliphatic rings. The minimum absolute atomic E-state index is 0.0225. The van der Waals surface area contributed by atoms with Gasteiger partial charge in [-0.1, -0.05) is 0 Å². The van der Waals surface area contributed by atoms with E-state index in [4.69, 9.17) is 5.11 Å². The van der Waals surface area contributed by atoms with Crippen LogP contribution in [0.3, 0.4) is 0 Å². The minimum atomic E-state index is -0.982. The molecule has 0 aliphatic heterocycles. The SMILES string of the molecule is CC(=O)/C=C\C=C\[CH+]/C=C\C(=O)O. The summed E-state index contributed by atoms with van der Waals surface area (Å²) in [5.74, 6) is -1.00. The lowest BCUT2D eigenvalue weighted by Crippen LogP contribution is -1.84. The average molecular weight is 179 g/mol. The number of carbonyl (C=O) groups excluding carboxylic acids is 1. The van der Waals surface area contributed by atoms with Crippen LogP contribution in [0, 0.1) is 6.42 Å². The fraction of sp³-hybridized carbons (Fsp3) is 0.100. The first-order valence-corrected chi connectivity index (χ1v) is 3.71. The standard InChI is InChI=1S/C10H10O3/c1-9(11)7-5-3-2-4-6-8-10(12)13/h2-8H,1H3/p+1/b3-2+,7-5-,8-6-. The van der Waals surface area contributed by atoms with Crippen LogP contribution < -0.4 is 0 Å². The topological polar surface area (TPSA) is 54.4 Å². The number of rotatable bonds is 5. The van der Waals surface area contributed by atoms with Gasteiger partial charge in [-0.15, -0.1) is 0 Å². The molecular weight excluding hydrogens is 168 g/mol. The Balaban J connectivity index is 3.65. The van der Waals surface area contributed by atoms with Crippen LogP contribution in [0.1, 0.15) is 6.92 Å². The van der Waals surface area contributed by atoms with Crippen molar-refractivity contribution in [1.29, 1.82) is 0 Å². The molecule has 0 aliphatic carbocycles. The normalized spacial score (nSPS) is 11.5. The van der Waals surface area contributed by atoms with E-state index in [0.29, 0.717) is 0 Å². The van der Waals surface area contributed by atoms with Gasteiger partial charge in [0.15, 0.2) is 5.78 Å².